The highest BCUT2D eigenvalue weighted by Gasteiger charge is 2.37. The van der Waals surface area contributed by atoms with Gasteiger partial charge in [0.15, 0.2) is 0 Å². The van der Waals surface area contributed by atoms with Crippen molar-refractivity contribution in [1.82, 2.24) is 4.90 Å². The summed E-state index contributed by atoms with van der Waals surface area (Å²) in [5.41, 5.74) is 1.01. The van der Waals surface area contributed by atoms with Crippen LogP contribution in [0, 0.1) is 18.7 Å². The Balaban J connectivity index is 2.08. The third-order valence-electron chi connectivity index (χ3n) is 4.22. The minimum Gasteiger partial charge on any atom is -0.481 e. The quantitative estimate of drug-likeness (QED) is 0.859. The van der Waals surface area contributed by atoms with Crippen LogP contribution in [0.1, 0.15) is 25.3 Å². The molecule has 130 valence electrons. The second-order valence-corrected chi connectivity index (χ2v) is 5.90. The summed E-state index contributed by atoms with van der Waals surface area (Å²) in [6.45, 7) is 4.15. The molecule has 0 saturated carbocycles. The number of nitrogens with zero attached hydrogens (tertiary/aromatic N) is 2. The molecule has 7 heteroatoms. The monoisotopic (exact) mass is 336 g/mol. The van der Waals surface area contributed by atoms with Gasteiger partial charge in [0.25, 0.3) is 0 Å². The number of benzene rings is 1. The first-order chi connectivity index (χ1) is 11.3. The minimum absolute atomic E-state index is 0.0822. The molecule has 1 saturated heterocycles. The van der Waals surface area contributed by atoms with Gasteiger partial charge in [-0.15, -0.1) is 0 Å². The second-order valence-electron chi connectivity index (χ2n) is 5.90. The maximum absolute atomic E-state index is 13.4. The Bertz CT molecular complexity index is 662. The van der Waals surface area contributed by atoms with Crippen LogP contribution in [-0.2, 0) is 14.4 Å². The predicted octanol–water partition coefficient (Wildman–Crippen LogP) is 1.81. The standard InChI is InChI=1S/C17H21FN2O4/c1-3-19(7-6-16(22)23)17(24)12-9-15(21)20(10-12)13-4-5-14(18)11(2)8-13/h4-5,8,12H,3,6-7,9-10H2,1-2H3,(H,22,23). The topological polar surface area (TPSA) is 77.9 Å². The smallest absolute Gasteiger partial charge is 0.305 e. The van der Waals surface area contributed by atoms with E-state index in [2.05, 4.69) is 0 Å². The lowest BCUT2D eigenvalue weighted by Crippen LogP contribution is -2.38. The van der Waals surface area contributed by atoms with Crippen molar-refractivity contribution < 1.29 is 23.9 Å². The first-order valence-electron chi connectivity index (χ1n) is 7.90. The molecule has 1 N–H and O–H groups in total. The average molecular weight is 336 g/mol. The third kappa shape index (κ3) is 3.90. The number of aryl methyl sites for hydroxylation is 1. The Morgan fingerprint density at radius 1 is 1.42 bits per heavy atom. The van der Waals surface area contributed by atoms with Gasteiger partial charge in [-0.3, -0.25) is 14.4 Å². The molecule has 6 nitrogen and oxygen atoms in total. The molecule has 0 spiro atoms. The van der Waals surface area contributed by atoms with E-state index in [4.69, 9.17) is 5.11 Å². The largest absolute Gasteiger partial charge is 0.481 e. The Morgan fingerprint density at radius 3 is 2.71 bits per heavy atom. The molecule has 2 rings (SSSR count). The number of hydrogen-bond donors (Lipinski definition) is 1. The molecule has 1 aliphatic heterocycles. The molecule has 1 fully saturated rings. The first kappa shape index (κ1) is 17.9. The summed E-state index contributed by atoms with van der Waals surface area (Å²) in [5.74, 6) is -2.21. The van der Waals surface area contributed by atoms with Gasteiger partial charge in [-0.05, 0) is 37.6 Å². The van der Waals surface area contributed by atoms with Crippen molar-refractivity contribution in [2.24, 2.45) is 5.92 Å². The van der Waals surface area contributed by atoms with Gasteiger partial charge in [-0.2, -0.15) is 0 Å². The SMILES string of the molecule is CCN(CCC(=O)O)C(=O)C1CC(=O)N(c2ccc(F)c(C)c2)C1. The fraction of sp³-hybridized carbons (Fsp3) is 0.471. The van der Waals surface area contributed by atoms with Gasteiger partial charge in [-0.25, -0.2) is 4.39 Å². The molecule has 1 aromatic rings. The molecule has 1 aliphatic rings. The molecule has 2 amide bonds. The van der Waals surface area contributed by atoms with E-state index in [0.717, 1.165) is 0 Å². The van der Waals surface area contributed by atoms with Crippen molar-refractivity contribution in [2.45, 2.75) is 26.7 Å². The van der Waals surface area contributed by atoms with Gasteiger partial charge in [0.05, 0.1) is 12.3 Å². The molecule has 0 bridgehead atoms. The van der Waals surface area contributed by atoms with Crippen LogP contribution in [0.4, 0.5) is 10.1 Å². The van der Waals surface area contributed by atoms with E-state index in [1.54, 1.807) is 19.9 Å². The van der Waals surface area contributed by atoms with Crippen LogP contribution < -0.4 is 4.90 Å². The number of amides is 2. The van der Waals surface area contributed by atoms with Gasteiger partial charge in [0.1, 0.15) is 5.82 Å². The van der Waals surface area contributed by atoms with E-state index in [1.807, 2.05) is 0 Å². The highest BCUT2D eigenvalue weighted by atomic mass is 19.1. The van der Waals surface area contributed by atoms with Crippen LogP contribution in [0.25, 0.3) is 0 Å². The summed E-state index contributed by atoms with van der Waals surface area (Å²) in [6.07, 6.45) is -0.0417. The maximum atomic E-state index is 13.4. The first-order valence-corrected chi connectivity index (χ1v) is 7.90. The van der Waals surface area contributed by atoms with Gasteiger partial charge < -0.3 is 14.9 Å². The van der Waals surface area contributed by atoms with Gasteiger partial charge in [0, 0.05) is 31.7 Å². The Labute approximate surface area is 139 Å². The van der Waals surface area contributed by atoms with Crippen LogP contribution in [0.15, 0.2) is 18.2 Å². The van der Waals surface area contributed by atoms with Crippen molar-refractivity contribution >= 4 is 23.5 Å². The summed E-state index contributed by atoms with van der Waals surface area (Å²) in [6, 6.07) is 4.41. The van der Waals surface area contributed by atoms with E-state index in [-0.39, 0.29) is 43.6 Å². The Morgan fingerprint density at radius 2 is 2.12 bits per heavy atom. The van der Waals surface area contributed by atoms with Crippen LogP contribution in [0.5, 0.6) is 0 Å². The van der Waals surface area contributed by atoms with Gasteiger partial charge in [0.2, 0.25) is 11.8 Å². The highest BCUT2D eigenvalue weighted by Crippen LogP contribution is 2.27. The Hall–Kier alpha value is -2.44. The van der Waals surface area contributed by atoms with Crippen LogP contribution in [0.3, 0.4) is 0 Å². The molecule has 0 radical (unpaired) electrons. The molecule has 1 unspecified atom stereocenters. The molecule has 0 aromatic heterocycles. The zero-order valence-electron chi connectivity index (χ0n) is 13.8. The van der Waals surface area contributed by atoms with E-state index in [0.29, 0.717) is 17.8 Å². The van der Waals surface area contributed by atoms with Gasteiger partial charge in [-0.1, -0.05) is 0 Å². The van der Waals surface area contributed by atoms with Crippen LogP contribution >= 0.6 is 0 Å². The molecule has 1 atom stereocenters. The molecule has 0 aliphatic carbocycles. The van der Waals surface area contributed by atoms with Crippen molar-refractivity contribution in [2.75, 3.05) is 24.5 Å². The second kappa shape index (κ2) is 7.42. The zero-order chi connectivity index (χ0) is 17.9. The lowest BCUT2D eigenvalue weighted by atomic mass is 10.1. The van der Waals surface area contributed by atoms with Gasteiger partial charge >= 0.3 is 5.97 Å². The number of halogens is 1. The average Bonchev–Trinajstić information content (AvgIpc) is 2.92. The lowest BCUT2D eigenvalue weighted by Gasteiger charge is -2.23. The van der Waals surface area contributed by atoms with Crippen molar-refractivity contribution in [3.8, 4) is 0 Å². The number of carboxylic acids is 1. The van der Waals surface area contributed by atoms with Crippen LogP contribution in [0.2, 0.25) is 0 Å². The number of carbonyl (C=O) groups is 3. The predicted molar refractivity (Wildman–Crippen MR) is 86.1 cm³/mol. The third-order valence-corrected chi connectivity index (χ3v) is 4.22. The molecule has 24 heavy (non-hydrogen) atoms. The lowest BCUT2D eigenvalue weighted by molar-refractivity contribution is -0.139. The Kier molecular flexibility index (Phi) is 5.54. The van der Waals surface area contributed by atoms with Crippen molar-refractivity contribution in [3.63, 3.8) is 0 Å². The van der Waals surface area contributed by atoms with E-state index >= 15 is 0 Å². The molecular weight excluding hydrogens is 315 g/mol. The number of aliphatic carboxylic acids is 1. The fourth-order valence-corrected chi connectivity index (χ4v) is 2.83. The fourth-order valence-electron chi connectivity index (χ4n) is 2.83. The summed E-state index contributed by atoms with van der Waals surface area (Å²) in [4.78, 5) is 38.4. The maximum Gasteiger partial charge on any atom is 0.305 e. The van der Waals surface area contributed by atoms with E-state index < -0.39 is 11.9 Å². The number of hydrogen-bond acceptors (Lipinski definition) is 3. The number of anilines is 1. The normalized spacial score (nSPS) is 17.2. The zero-order valence-corrected chi connectivity index (χ0v) is 13.8. The summed E-state index contributed by atoms with van der Waals surface area (Å²) < 4.78 is 13.4. The summed E-state index contributed by atoms with van der Waals surface area (Å²) in [5, 5.41) is 8.76. The van der Waals surface area contributed by atoms with Crippen LogP contribution in [-0.4, -0.2) is 47.4 Å². The van der Waals surface area contributed by atoms with E-state index in [9.17, 15) is 18.8 Å². The molecule has 1 aromatic carbocycles. The number of carboxylic acid groups (broad SMARTS) is 1. The number of carbonyl (C=O) groups excluding carboxylic acids is 2. The molecule has 1 heterocycles. The van der Waals surface area contributed by atoms with Crippen molar-refractivity contribution in [1.29, 1.82) is 0 Å². The highest BCUT2D eigenvalue weighted by molar-refractivity contribution is 6.00. The van der Waals surface area contributed by atoms with E-state index in [1.165, 1.54) is 21.9 Å². The molecular formula is C17H21FN2O4. The summed E-state index contributed by atoms with van der Waals surface area (Å²) in [7, 11) is 0. The minimum atomic E-state index is -0.966. The van der Waals surface area contributed by atoms with Crippen molar-refractivity contribution in [3.05, 3.63) is 29.6 Å². The summed E-state index contributed by atoms with van der Waals surface area (Å²) >= 11 is 0. The number of rotatable bonds is 6.